The fourth-order valence-corrected chi connectivity index (χ4v) is 3.30. The summed E-state index contributed by atoms with van der Waals surface area (Å²) in [5.41, 5.74) is 0. The van der Waals surface area contributed by atoms with Crippen molar-refractivity contribution in [3.8, 4) is 0 Å². The second-order valence-electron chi connectivity index (χ2n) is 4.65. The maximum absolute atomic E-state index is 4.57. The van der Waals surface area contributed by atoms with Gasteiger partial charge in [-0.15, -0.1) is 0 Å². The first-order chi connectivity index (χ1) is 8.15. The quantitative estimate of drug-likeness (QED) is 0.864. The zero-order valence-electron chi connectivity index (χ0n) is 10.2. The number of rotatable bonds is 3. The third-order valence-corrected chi connectivity index (χ3v) is 4.36. The molecule has 1 unspecified atom stereocenters. The second-order valence-corrected chi connectivity index (χ2v) is 6.61. The molecule has 0 radical (unpaired) electrons. The zero-order chi connectivity index (χ0) is 12.3. The molecule has 17 heavy (non-hydrogen) atoms. The van der Waals surface area contributed by atoms with Crippen LogP contribution in [0, 0.1) is 0 Å². The summed E-state index contributed by atoms with van der Waals surface area (Å²) in [7, 11) is 0. The van der Waals surface area contributed by atoms with Crippen molar-refractivity contribution >= 4 is 33.5 Å². The maximum Gasteiger partial charge on any atom is 0.134 e. The van der Waals surface area contributed by atoms with Crippen LogP contribution in [-0.2, 0) is 0 Å². The van der Waals surface area contributed by atoms with Crippen molar-refractivity contribution in [2.24, 2.45) is 0 Å². The molecule has 0 aromatic carbocycles. The summed E-state index contributed by atoms with van der Waals surface area (Å²) in [6.45, 7) is 4.23. The van der Waals surface area contributed by atoms with Crippen LogP contribution < -0.4 is 5.32 Å². The van der Waals surface area contributed by atoms with Gasteiger partial charge in [0, 0.05) is 23.8 Å². The van der Waals surface area contributed by atoms with Crippen molar-refractivity contribution in [2.45, 2.75) is 38.6 Å². The Morgan fingerprint density at radius 2 is 2.29 bits per heavy atom. The third-order valence-electron chi connectivity index (χ3n) is 2.74. The summed E-state index contributed by atoms with van der Waals surface area (Å²) < 4.78 is 0.863. The molecule has 1 N–H and O–H groups in total. The van der Waals surface area contributed by atoms with E-state index in [9.17, 15) is 0 Å². The Hall–Kier alpha value is -0.290. The standard InChI is InChI=1S/C12H18BrN3S/c1-8(2)12-15-10(13)6-11(16-12)14-9-4-3-5-17-7-9/h6,8-9H,3-5,7H2,1-2H3,(H,14,15,16). The molecule has 1 aliphatic heterocycles. The van der Waals surface area contributed by atoms with Gasteiger partial charge in [0.1, 0.15) is 16.2 Å². The van der Waals surface area contributed by atoms with Crippen LogP contribution in [0.5, 0.6) is 0 Å². The van der Waals surface area contributed by atoms with Gasteiger partial charge in [0.05, 0.1) is 0 Å². The lowest BCUT2D eigenvalue weighted by Gasteiger charge is -2.23. The fraction of sp³-hybridized carbons (Fsp3) is 0.667. The number of hydrogen-bond donors (Lipinski definition) is 1. The van der Waals surface area contributed by atoms with E-state index in [1.165, 1.54) is 24.3 Å². The van der Waals surface area contributed by atoms with Crippen LogP contribution in [-0.4, -0.2) is 27.5 Å². The molecular weight excluding hydrogens is 298 g/mol. The Bertz CT molecular complexity index is 378. The molecule has 1 saturated heterocycles. The molecule has 1 atom stereocenters. The Kier molecular flexibility index (Phi) is 4.68. The van der Waals surface area contributed by atoms with E-state index in [-0.39, 0.29) is 0 Å². The molecule has 1 aliphatic rings. The highest BCUT2D eigenvalue weighted by atomic mass is 79.9. The van der Waals surface area contributed by atoms with Gasteiger partial charge in [0.25, 0.3) is 0 Å². The number of thioether (sulfide) groups is 1. The van der Waals surface area contributed by atoms with Crippen LogP contribution >= 0.6 is 27.7 Å². The van der Waals surface area contributed by atoms with Gasteiger partial charge in [-0.25, -0.2) is 9.97 Å². The summed E-state index contributed by atoms with van der Waals surface area (Å²) in [5.74, 6) is 4.67. The van der Waals surface area contributed by atoms with Gasteiger partial charge in [0.2, 0.25) is 0 Å². The predicted molar refractivity (Wildman–Crippen MR) is 77.8 cm³/mol. The SMILES string of the molecule is CC(C)c1nc(Br)cc(NC2CCCSC2)n1. The summed E-state index contributed by atoms with van der Waals surface area (Å²) in [6.07, 6.45) is 2.54. The van der Waals surface area contributed by atoms with Crippen molar-refractivity contribution in [3.05, 3.63) is 16.5 Å². The van der Waals surface area contributed by atoms with Gasteiger partial charge >= 0.3 is 0 Å². The average Bonchev–Trinajstić information content (AvgIpc) is 2.29. The smallest absolute Gasteiger partial charge is 0.134 e. The highest BCUT2D eigenvalue weighted by Gasteiger charge is 2.15. The minimum atomic E-state index is 0.355. The average molecular weight is 316 g/mol. The molecular formula is C12H18BrN3S. The van der Waals surface area contributed by atoms with E-state index in [1.54, 1.807) is 0 Å². The molecule has 2 rings (SSSR count). The Morgan fingerprint density at radius 3 is 2.94 bits per heavy atom. The van der Waals surface area contributed by atoms with E-state index in [0.29, 0.717) is 12.0 Å². The van der Waals surface area contributed by atoms with Crippen molar-refractivity contribution in [3.63, 3.8) is 0 Å². The minimum absolute atomic E-state index is 0.355. The molecule has 0 bridgehead atoms. The van der Waals surface area contributed by atoms with E-state index >= 15 is 0 Å². The van der Waals surface area contributed by atoms with E-state index in [2.05, 4.69) is 45.1 Å². The topological polar surface area (TPSA) is 37.8 Å². The molecule has 0 aliphatic carbocycles. The van der Waals surface area contributed by atoms with Crippen molar-refractivity contribution in [2.75, 3.05) is 16.8 Å². The number of anilines is 1. The molecule has 1 aromatic rings. The molecule has 94 valence electrons. The van der Waals surface area contributed by atoms with Crippen LogP contribution in [0.1, 0.15) is 38.4 Å². The van der Waals surface area contributed by atoms with Crippen LogP contribution in [0.2, 0.25) is 0 Å². The first-order valence-electron chi connectivity index (χ1n) is 6.04. The van der Waals surface area contributed by atoms with Crippen molar-refractivity contribution in [1.82, 2.24) is 9.97 Å². The lowest BCUT2D eigenvalue weighted by Crippen LogP contribution is -2.26. The normalized spacial score (nSPS) is 20.6. The molecule has 0 saturated carbocycles. The molecule has 0 spiro atoms. The van der Waals surface area contributed by atoms with Crippen LogP contribution in [0.25, 0.3) is 0 Å². The predicted octanol–water partition coefficient (Wildman–Crippen LogP) is 3.67. The van der Waals surface area contributed by atoms with Gasteiger partial charge in [-0.05, 0) is 34.5 Å². The van der Waals surface area contributed by atoms with E-state index in [4.69, 9.17) is 0 Å². The summed E-state index contributed by atoms with van der Waals surface area (Å²) in [5, 5.41) is 3.51. The summed E-state index contributed by atoms with van der Waals surface area (Å²) in [4.78, 5) is 8.95. The fourth-order valence-electron chi connectivity index (χ4n) is 1.83. The molecule has 3 nitrogen and oxygen atoms in total. The van der Waals surface area contributed by atoms with Crippen LogP contribution in [0.15, 0.2) is 10.7 Å². The maximum atomic E-state index is 4.57. The largest absolute Gasteiger partial charge is 0.366 e. The van der Waals surface area contributed by atoms with Crippen LogP contribution in [0.3, 0.4) is 0 Å². The monoisotopic (exact) mass is 315 g/mol. The Morgan fingerprint density at radius 1 is 1.47 bits per heavy atom. The number of aromatic nitrogens is 2. The van der Waals surface area contributed by atoms with Gasteiger partial charge in [0.15, 0.2) is 0 Å². The van der Waals surface area contributed by atoms with E-state index in [0.717, 1.165) is 16.2 Å². The number of nitrogens with one attached hydrogen (secondary N) is 1. The summed E-state index contributed by atoms with van der Waals surface area (Å²) in [6, 6.07) is 2.51. The third kappa shape index (κ3) is 3.85. The van der Waals surface area contributed by atoms with Crippen molar-refractivity contribution < 1.29 is 0 Å². The first-order valence-corrected chi connectivity index (χ1v) is 7.98. The van der Waals surface area contributed by atoms with Gasteiger partial charge < -0.3 is 5.32 Å². The minimum Gasteiger partial charge on any atom is -0.366 e. The Balaban J connectivity index is 2.09. The lowest BCUT2D eigenvalue weighted by atomic mass is 10.2. The Labute approximate surface area is 115 Å². The number of hydrogen-bond acceptors (Lipinski definition) is 4. The summed E-state index contributed by atoms with van der Waals surface area (Å²) >= 11 is 5.47. The van der Waals surface area contributed by atoms with E-state index < -0.39 is 0 Å². The van der Waals surface area contributed by atoms with Crippen LogP contribution in [0.4, 0.5) is 5.82 Å². The lowest BCUT2D eigenvalue weighted by molar-refractivity contribution is 0.678. The van der Waals surface area contributed by atoms with E-state index in [1.807, 2.05) is 17.8 Å². The number of halogens is 1. The molecule has 1 aromatic heterocycles. The number of nitrogens with zero attached hydrogens (tertiary/aromatic N) is 2. The molecule has 1 fully saturated rings. The van der Waals surface area contributed by atoms with Gasteiger partial charge in [-0.2, -0.15) is 11.8 Å². The highest BCUT2D eigenvalue weighted by molar-refractivity contribution is 9.10. The first kappa shape index (κ1) is 13.1. The molecule has 2 heterocycles. The second kappa shape index (κ2) is 6.05. The van der Waals surface area contributed by atoms with Gasteiger partial charge in [-0.1, -0.05) is 13.8 Å². The molecule has 0 amide bonds. The zero-order valence-corrected chi connectivity index (χ0v) is 12.6. The highest BCUT2D eigenvalue weighted by Crippen LogP contribution is 2.22. The molecule has 5 heteroatoms. The van der Waals surface area contributed by atoms with Crippen molar-refractivity contribution in [1.29, 1.82) is 0 Å². The van der Waals surface area contributed by atoms with Gasteiger partial charge in [-0.3, -0.25) is 0 Å².